The van der Waals surface area contributed by atoms with Crippen molar-refractivity contribution in [3.8, 4) is 5.69 Å². The van der Waals surface area contributed by atoms with Crippen LogP contribution in [0.25, 0.3) is 5.69 Å². The van der Waals surface area contributed by atoms with Crippen molar-refractivity contribution in [1.82, 2.24) is 14.7 Å². The molecule has 0 atom stereocenters. The lowest BCUT2D eigenvalue weighted by Gasteiger charge is -2.30. The maximum Gasteiger partial charge on any atom is 0.308 e. The smallest absolute Gasteiger partial charge is 0.308 e. The van der Waals surface area contributed by atoms with Crippen molar-refractivity contribution < 1.29 is 14.3 Å². The first-order valence-corrected chi connectivity index (χ1v) is 7.66. The number of likely N-dealkylation sites (tertiary alicyclic amines) is 1. The maximum absolute atomic E-state index is 12.5. The van der Waals surface area contributed by atoms with Gasteiger partial charge < -0.3 is 9.64 Å². The number of hydrogen-bond donors (Lipinski definition) is 0. The highest BCUT2D eigenvalue weighted by molar-refractivity contribution is 5.94. The topological polar surface area (TPSA) is 64.4 Å². The van der Waals surface area contributed by atoms with Crippen molar-refractivity contribution in [2.75, 3.05) is 20.2 Å². The Kier molecular flexibility index (Phi) is 4.41. The number of benzene rings is 1. The van der Waals surface area contributed by atoms with Crippen LogP contribution in [0, 0.1) is 5.92 Å². The normalized spacial score (nSPS) is 15.4. The second kappa shape index (κ2) is 6.64. The molecule has 3 rings (SSSR count). The Morgan fingerprint density at radius 3 is 2.52 bits per heavy atom. The van der Waals surface area contributed by atoms with E-state index in [-0.39, 0.29) is 17.8 Å². The summed E-state index contributed by atoms with van der Waals surface area (Å²) < 4.78 is 6.46. The maximum atomic E-state index is 12.5. The number of aromatic nitrogens is 2. The summed E-state index contributed by atoms with van der Waals surface area (Å²) in [5.41, 5.74) is 1.47. The van der Waals surface area contributed by atoms with Crippen molar-refractivity contribution in [3.05, 3.63) is 48.3 Å². The summed E-state index contributed by atoms with van der Waals surface area (Å²) in [6.45, 7) is 1.13. The molecular formula is C17H19N3O3. The number of nitrogens with zero attached hydrogens (tertiary/aromatic N) is 3. The number of ether oxygens (including phenoxy) is 1. The zero-order valence-electron chi connectivity index (χ0n) is 13.0. The van der Waals surface area contributed by atoms with Gasteiger partial charge in [0.05, 0.1) is 30.5 Å². The molecule has 2 aromatic rings. The van der Waals surface area contributed by atoms with Gasteiger partial charge in [-0.05, 0) is 25.0 Å². The van der Waals surface area contributed by atoms with Crippen LogP contribution in [-0.2, 0) is 9.53 Å². The number of rotatable bonds is 3. The summed E-state index contributed by atoms with van der Waals surface area (Å²) in [5, 5.41) is 4.25. The van der Waals surface area contributed by atoms with Gasteiger partial charge in [0.15, 0.2) is 0 Å². The lowest BCUT2D eigenvalue weighted by Crippen LogP contribution is -2.40. The van der Waals surface area contributed by atoms with E-state index in [9.17, 15) is 9.59 Å². The Morgan fingerprint density at radius 2 is 1.87 bits per heavy atom. The zero-order valence-corrected chi connectivity index (χ0v) is 13.0. The number of amides is 1. The fraction of sp³-hybridized carbons (Fsp3) is 0.353. The average Bonchev–Trinajstić information content (AvgIpc) is 3.11. The van der Waals surface area contributed by atoms with E-state index in [1.54, 1.807) is 22.0 Å². The minimum atomic E-state index is -0.186. The molecule has 0 N–H and O–H groups in total. The minimum Gasteiger partial charge on any atom is -0.469 e. The third-order valence-corrected chi connectivity index (χ3v) is 4.17. The van der Waals surface area contributed by atoms with Gasteiger partial charge >= 0.3 is 5.97 Å². The highest BCUT2D eigenvalue weighted by Crippen LogP contribution is 2.20. The highest BCUT2D eigenvalue weighted by atomic mass is 16.5. The van der Waals surface area contributed by atoms with E-state index in [2.05, 4.69) is 5.10 Å². The number of para-hydroxylation sites is 1. The van der Waals surface area contributed by atoms with Gasteiger partial charge in [0.25, 0.3) is 5.91 Å². The number of methoxy groups -OCH3 is 1. The molecule has 0 aliphatic carbocycles. The molecule has 1 aromatic heterocycles. The molecule has 6 nitrogen and oxygen atoms in total. The summed E-state index contributed by atoms with van der Waals surface area (Å²) >= 11 is 0. The Morgan fingerprint density at radius 1 is 1.17 bits per heavy atom. The van der Waals surface area contributed by atoms with Crippen LogP contribution in [0.2, 0.25) is 0 Å². The molecule has 0 radical (unpaired) electrons. The van der Waals surface area contributed by atoms with Crippen molar-refractivity contribution in [3.63, 3.8) is 0 Å². The van der Waals surface area contributed by atoms with Crippen LogP contribution in [0.3, 0.4) is 0 Å². The number of hydrogen-bond acceptors (Lipinski definition) is 4. The number of piperidine rings is 1. The van der Waals surface area contributed by atoms with Crippen LogP contribution in [0.1, 0.15) is 23.2 Å². The summed E-state index contributed by atoms with van der Waals surface area (Å²) in [7, 11) is 1.40. The van der Waals surface area contributed by atoms with Gasteiger partial charge in [-0.2, -0.15) is 5.10 Å². The molecule has 0 bridgehead atoms. The molecule has 1 amide bonds. The number of esters is 1. The van der Waals surface area contributed by atoms with Gasteiger partial charge in [-0.25, -0.2) is 4.68 Å². The molecule has 6 heteroatoms. The lowest BCUT2D eigenvalue weighted by atomic mass is 9.97. The van der Waals surface area contributed by atoms with Crippen LogP contribution < -0.4 is 0 Å². The van der Waals surface area contributed by atoms with Crippen LogP contribution in [0.15, 0.2) is 42.7 Å². The summed E-state index contributed by atoms with van der Waals surface area (Å²) in [6.07, 6.45) is 4.61. The average molecular weight is 313 g/mol. The fourth-order valence-electron chi connectivity index (χ4n) is 2.82. The van der Waals surface area contributed by atoms with E-state index in [1.165, 1.54) is 7.11 Å². The van der Waals surface area contributed by atoms with Gasteiger partial charge in [-0.1, -0.05) is 18.2 Å². The predicted octanol–water partition coefficient (Wildman–Crippen LogP) is 1.90. The van der Waals surface area contributed by atoms with E-state index in [4.69, 9.17) is 4.74 Å². The van der Waals surface area contributed by atoms with E-state index >= 15 is 0 Å². The van der Waals surface area contributed by atoms with Crippen molar-refractivity contribution in [1.29, 1.82) is 0 Å². The van der Waals surface area contributed by atoms with Crippen LogP contribution in [0.4, 0.5) is 0 Å². The molecule has 0 saturated carbocycles. The largest absolute Gasteiger partial charge is 0.469 e. The zero-order chi connectivity index (χ0) is 16.2. The molecule has 0 unspecified atom stereocenters. The van der Waals surface area contributed by atoms with Gasteiger partial charge in [0, 0.05) is 19.3 Å². The van der Waals surface area contributed by atoms with Crippen molar-refractivity contribution in [2.45, 2.75) is 12.8 Å². The predicted molar refractivity (Wildman–Crippen MR) is 84.2 cm³/mol. The third kappa shape index (κ3) is 3.26. The van der Waals surface area contributed by atoms with Crippen LogP contribution >= 0.6 is 0 Å². The molecule has 1 fully saturated rings. The summed E-state index contributed by atoms with van der Waals surface area (Å²) in [4.78, 5) is 25.9. The molecule has 2 heterocycles. The van der Waals surface area contributed by atoms with Crippen LogP contribution in [-0.4, -0.2) is 46.8 Å². The van der Waals surface area contributed by atoms with Gasteiger partial charge in [0.2, 0.25) is 0 Å². The molecule has 1 saturated heterocycles. The quantitative estimate of drug-likeness (QED) is 0.812. The Bertz CT molecular complexity index is 688. The molecule has 1 aliphatic heterocycles. The van der Waals surface area contributed by atoms with E-state index in [0.29, 0.717) is 31.5 Å². The molecule has 0 spiro atoms. The highest BCUT2D eigenvalue weighted by Gasteiger charge is 2.28. The first-order chi connectivity index (χ1) is 11.2. The molecular weight excluding hydrogens is 294 g/mol. The Balaban J connectivity index is 1.66. The number of carbonyl (C=O) groups excluding carboxylic acids is 2. The van der Waals surface area contributed by atoms with E-state index in [0.717, 1.165) is 5.69 Å². The van der Waals surface area contributed by atoms with Crippen molar-refractivity contribution >= 4 is 11.9 Å². The number of carbonyl (C=O) groups is 2. The van der Waals surface area contributed by atoms with E-state index < -0.39 is 0 Å². The lowest BCUT2D eigenvalue weighted by molar-refractivity contribution is -0.146. The first-order valence-electron chi connectivity index (χ1n) is 7.66. The second-order valence-corrected chi connectivity index (χ2v) is 5.60. The molecule has 1 aromatic carbocycles. The third-order valence-electron chi connectivity index (χ3n) is 4.17. The van der Waals surface area contributed by atoms with E-state index in [1.807, 2.05) is 30.3 Å². The molecule has 1 aliphatic rings. The van der Waals surface area contributed by atoms with Gasteiger partial charge in [-0.15, -0.1) is 0 Å². The molecule has 23 heavy (non-hydrogen) atoms. The SMILES string of the molecule is COC(=O)C1CCN(C(=O)c2cnn(-c3ccccc3)c2)CC1. The van der Waals surface area contributed by atoms with Gasteiger partial charge in [-0.3, -0.25) is 9.59 Å². The Hall–Kier alpha value is -2.63. The summed E-state index contributed by atoms with van der Waals surface area (Å²) in [6, 6.07) is 9.66. The first kappa shape index (κ1) is 15.3. The minimum absolute atomic E-state index is 0.0458. The second-order valence-electron chi connectivity index (χ2n) is 5.60. The summed E-state index contributed by atoms with van der Waals surface area (Å²) in [5.74, 6) is -0.333. The standard InChI is InChI=1S/C17H19N3O3/c1-23-17(22)13-7-9-19(10-8-13)16(21)14-11-18-20(12-14)15-5-3-2-4-6-15/h2-6,11-13H,7-10H2,1H3. The Labute approximate surface area is 134 Å². The fourth-order valence-corrected chi connectivity index (χ4v) is 2.82. The van der Waals surface area contributed by atoms with Crippen molar-refractivity contribution in [2.24, 2.45) is 5.92 Å². The monoisotopic (exact) mass is 313 g/mol. The molecule has 120 valence electrons. The van der Waals surface area contributed by atoms with Gasteiger partial charge in [0.1, 0.15) is 0 Å². The van der Waals surface area contributed by atoms with Crippen LogP contribution in [0.5, 0.6) is 0 Å².